The van der Waals surface area contributed by atoms with Gasteiger partial charge in [-0.1, -0.05) is 12.1 Å². The lowest BCUT2D eigenvalue weighted by Gasteiger charge is -2.08. The average molecular weight is 356 g/mol. The molecule has 0 aliphatic rings. The van der Waals surface area contributed by atoms with Crippen LogP contribution in [0.5, 0.6) is 5.75 Å². The topological polar surface area (TPSA) is 65.7 Å². The molecule has 2 aromatic carbocycles. The second-order valence-electron chi connectivity index (χ2n) is 5.87. The Bertz CT molecular complexity index is 973. The molecule has 6 heteroatoms. The molecule has 26 heavy (non-hydrogen) atoms. The minimum atomic E-state index is -0.572. The second-order valence-corrected chi connectivity index (χ2v) is 5.87. The third-order valence-corrected chi connectivity index (χ3v) is 3.97. The van der Waals surface area contributed by atoms with E-state index in [0.717, 1.165) is 17.0 Å². The molecular weight excluding hydrogens is 339 g/mol. The number of aryl methyl sites for hydroxylation is 1. The normalized spacial score (nSPS) is 10.7. The largest absolute Gasteiger partial charge is 0.496 e. The summed E-state index contributed by atoms with van der Waals surface area (Å²) >= 11 is 0. The van der Waals surface area contributed by atoms with Crippen LogP contribution in [0.15, 0.2) is 47.1 Å². The van der Waals surface area contributed by atoms with E-state index in [2.05, 4.69) is 0 Å². The van der Waals surface area contributed by atoms with E-state index in [1.54, 1.807) is 0 Å². The van der Waals surface area contributed by atoms with Crippen LogP contribution in [0.4, 0.5) is 4.39 Å². The number of Topliss-reactive ketones (excluding diaryl/α,β-unsaturated/α-hetero) is 1. The SMILES string of the molecule is COc1ccc(F)cc1C(=O)COC(=O)Cc1coc2cc(C)ccc12. The monoisotopic (exact) mass is 356 g/mol. The molecular formula is C20H17FO5. The van der Waals surface area contributed by atoms with Gasteiger partial charge in [-0.3, -0.25) is 9.59 Å². The maximum Gasteiger partial charge on any atom is 0.310 e. The van der Waals surface area contributed by atoms with Crippen LogP contribution in [0.25, 0.3) is 11.0 Å². The Labute approximate surface area is 149 Å². The Hall–Kier alpha value is -3.15. The third-order valence-electron chi connectivity index (χ3n) is 3.97. The van der Waals surface area contributed by atoms with E-state index in [9.17, 15) is 14.0 Å². The van der Waals surface area contributed by atoms with Crippen molar-refractivity contribution in [2.24, 2.45) is 0 Å². The molecule has 5 nitrogen and oxygen atoms in total. The Morgan fingerprint density at radius 2 is 1.96 bits per heavy atom. The molecule has 3 rings (SSSR count). The zero-order valence-corrected chi connectivity index (χ0v) is 14.4. The number of esters is 1. The summed E-state index contributed by atoms with van der Waals surface area (Å²) in [5.74, 6) is -1.45. The van der Waals surface area contributed by atoms with Crippen molar-refractivity contribution in [2.75, 3.05) is 13.7 Å². The molecule has 0 spiro atoms. The van der Waals surface area contributed by atoms with Gasteiger partial charge in [0.15, 0.2) is 6.61 Å². The molecule has 0 bridgehead atoms. The highest BCUT2D eigenvalue weighted by Crippen LogP contribution is 2.23. The molecule has 0 amide bonds. The van der Waals surface area contributed by atoms with Gasteiger partial charge in [0.25, 0.3) is 0 Å². The maximum atomic E-state index is 13.3. The summed E-state index contributed by atoms with van der Waals surface area (Å²) in [6.07, 6.45) is 1.48. The number of ether oxygens (including phenoxy) is 2. The van der Waals surface area contributed by atoms with E-state index in [1.165, 1.54) is 25.5 Å². The van der Waals surface area contributed by atoms with E-state index in [1.807, 2.05) is 25.1 Å². The summed E-state index contributed by atoms with van der Waals surface area (Å²) in [5, 5.41) is 0.825. The molecule has 0 N–H and O–H groups in total. The number of furan rings is 1. The van der Waals surface area contributed by atoms with Crippen molar-refractivity contribution in [3.63, 3.8) is 0 Å². The van der Waals surface area contributed by atoms with Crippen LogP contribution in [0, 0.1) is 12.7 Å². The van der Waals surface area contributed by atoms with Gasteiger partial charge in [-0.05, 0) is 36.8 Å². The van der Waals surface area contributed by atoms with Crippen molar-refractivity contribution in [1.29, 1.82) is 0 Å². The lowest BCUT2D eigenvalue weighted by atomic mass is 10.1. The first-order valence-corrected chi connectivity index (χ1v) is 7.97. The molecule has 134 valence electrons. The lowest BCUT2D eigenvalue weighted by molar-refractivity contribution is -0.141. The van der Waals surface area contributed by atoms with E-state index in [-0.39, 0.29) is 17.7 Å². The zero-order chi connectivity index (χ0) is 18.7. The first-order valence-electron chi connectivity index (χ1n) is 7.97. The van der Waals surface area contributed by atoms with Gasteiger partial charge < -0.3 is 13.9 Å². The van der Waals surface area contributed by atoms with Gasteiger partial charge >= 0.3 is 5.97 Å². The summed E-state index contributed by atoms with van der Waals surface area (Å²) in [7, 11) is 1.38. The third kappa shape index (κ3) is 3.74. The van der Waals surface area contributed by atoms with Crippen molar-refractivity contribution in [3.05, 3.63) is 65.2 Å². The number of benzene rings is 2. The number of carbonyl (C=O) groups excluding carboxylic acids is 2. The zero-order valence-electron chi connectivity index (χ0n) is 14.4. The van der Waals surface area contributed by atoms with Crippen LogP contribution in [-0.2, 0) is 16.0 Å². The smallest absolute Gasteiger partial charge is 0.310 e. The Morgan fingerprint density at radius 3 is 2.73 bits per heavy atom. The maximum absolute atomic E-state index is 13.3. The molecule has 0 unspecified atom stereocenters. The summed E-state index contributed by atoms with van der Waals surface area (Å²) in [4.78, 5) is 24.2. The van der Waals surface area contributed by atoms with Gasteiger partial charge in [-0.25, -0.2) is 4.39 Å². The highest BCUT2D eigenvalue weighted by molar-refractivity contribution is 6.00. The lowest BCUT2D eigenvalue weighted by Crippen LogP contribution is -2.16. The number of carbonyl (C=O) groups is 2. The van der Waals surface area contributed by atoms with Gasteiger partial charge in [0, 0.05) is 10.9 Å². The fourth-order valence-corrected chi connectivity index (χ4v) is 2.66. The van der Waals surface area contributed by atoms with Gasteiger partial charge in [-0.15, -0.1) is 0 Å². The summed E-state index contributed by atoms with van der Waals surface area (Å²) in [5.41, 5.74) is 2.45. The number of fused-ring (bicyclic) bond motifs is 1. The molecule has 3 aromatic rings. The fraction of sp³-hybridized carbons (Fsp3) is 0.200. The Morgan fingerprint density at radius 1 is 1.15 bits per heavy atom. The molecule has 0 saturated heterocycles. The van der Waals surface area contributed by atoms with Gasteiger partial charge in [0.1, 0.15) is 17.1 Å². The van der Waals surface area contributed by atoms with Gasteiger partial charge in [-0.2, -0.15) is 0 Å². The minimum Gasteiger partial charge on any atom is -0.496 e. The second kappa shape index (κ2) is 7.39. The van der Waals surface area contributed by atoms with E-state index < -0.39 is 24.2 Å². The Kier molecular flexibility index (Phi) is 5.02. The molecule has 1 heterocycles. The summed E-state index contributed by atoms with van der Waals surface area (Å²) < 4.78 is 28.8. The van der Waals surface area contributed by atoms with Crippen LogP contribution in [0.3, 0.4) is 0 Å². The number of halogens is 1. The summed E-state index contributed by atoms with van der Waals surface area (Å²) in [6.45, 7) is 1.45. The molecule has 0 saturated carbocycles. The predicted octanol–water partition coefficient (Wildman–Crippen LogP) is 3.86. The first-order chi connectivity index (χ1) is 12.5. The standard InChI is InChI=1S/C20H17FO5/c1-12-3-5-15-13(10-25-19(15)7-12)8-20(23)26-11-17(22)16-9-14(21)4-6-18(16)24-2/h3-7,9-10H,8,11H2,1-2H3. The fourth-order valence-electron chi connectivity index (χ4n) is 2.66. The molecule has 0 aliphatic carbocycles. The molecule has 0 aliphatic heterocycles. The number of hydrogen-bond acceptors (Lipinski definition) is 5. The van der Waals surface area contributed by atoms with E-state index in [4.69, 9.17) is 13.9 Å². The molecule has 0 radical (unpaired) electrons. The Balaban J connectivity index is 1.65. The number of hydrogen-bond donors (Lipinski definition) is 0. The van der Waals surface area contributed by atoms with Crippen molar-refractivity contribution < 1.29 is 27.9 Å². The van der Waals surface area contributed by atoms with Crippen LogP contribution in [-0.4, -0.2) is 25.5 Å². The number of rotatable bonds is 6. The van der Waals surface area contributed by atoms with Gasteiger partial charge in [0.2, 0.25) is 5.78 Å². The van der Waals surface area contributed by atoms with Crippen LogP contribution in [0.2, 0.25) is 0 Å². The summed E-state index contributed by atoms with van der Waals surface area (Å²) in [6, 6.07) is 9.27. The van der Waals surface area contributed by atoms with Gasteiger partial charge in [0.05, 0.1) is 25.4 Å². The molecule has 0 atom stereocenters. The minimum absolute atomic E-state index is 0.0242. The quantitative estimate of drug-likeness (QED) is 0.496. The predicted molar refractivity (Wildman–Crippen MR) is 92.9 cm³/mol. The van der Waals surface area contributed by atoms with E-state index >= 15 is 0 Å². The van der Waals surface area contributed by atoms with Crippen molar-refractivity contribution >= 4 is 22.7 Å². The van der Waals surface area contributed by atoms with E-state index in [0.29, 0.717) is 11.1 Å². The van der Waals surface area contributed by atoms with Crippen molar-refractivity contribution in [3.8, 4) is 5.75 Å². The first kappa shape index (κ1) is 17.7. The average Bonchev–Trinajstić information content (AvgIpc) is 3.01. The molecule has 0 fully saturated rings. The highest BCUT2D eigenvalue weighted by Gasteiger charge is 2.17. The van der Waals surface area contributed by atoms with Crippen molar-refractivity contribution in [1.82, 2.24) is 0 Å². The highest BCUT2D eigenvalue weighted by atomic mass is 19.1. The van der Waals surface area contributed by atoms with Crippen LogP contribution in [0.1, 0.15) is 21.5 Å². The van der Waals surface area contributed by atoms with Crippen LogP contribution < -0.4 is 4.74 Å². The number of methoxy groups -OCH3 is 1. The number of ketones is 1. The van der Waals surface area contributed by atoms with Crippen molar-refractivity contribution in [2.45, 2.75) is 13.3 Å². The molecule has 1 aromatic heterocycles. The van der Waals surface area contributed by atoms with Crippen LogP contribution >= 0.6 is 0 Å².